The lowest BCUT2D eigenvalue weighted by molar-refractivity contribution is -0.0498. The number of alkyl halides is 2. The highest BCUT2D eigenvalue weighted by Crippen LogP contribution is 2.20. The van der Waals surface area contributed by atoms with Gasteiger partial charge in [-0.1, -0.05) is 24.3 Å². The fraction of sp³-hybridized carbons (Fsp3) is 0.130. The Morgan fingerprint density at radius 2 is 1.68 bits per heavy atom. The van der Waals surface area contributed by atoms with Crippen LogP contribution in [0.5, 0.6) is 11.5 Å². The van der Waals surface area contributed by atoms with Crippen molar-refractivity contribution >= 4 is 11.6 Å². The maximum absolute atomic E-state index is 13.0. The highest BCUT2D eigenvalue weighted by molar-refractivity contribution is 6.01. The van der Waals surface area contributed by atoms with E-state index in [4.69, 9.17) is 4.74 Å². The minimum atomic E-state index is -2.90. The Morgan fingerprint density at radius 3 is 2.35 bits per heavy atom. The molecule has 0 heterocycles. The van der Waals surface area contributed by atoms with E-state index in [0.29, 0.717) is 17.0 Å². The van der Waals surface area contributed by atoms with E-state index in [1.54, 1.807) is 55.5 Å². The summed E-state index contributed by atoms with van der Waals surface area (Å²) in [5.41, 5.74) is 4.59. The summed E-state index contributed by atoms with van der Waals surface area (Å²) in [5.74, 6) is -0.437. The van der Waals surface area contributed by atoms with Gasteiger partial charge >= 0.3 is 6.61 Å². The Kier molecular flexibility index (Phi) is 7.26. The number of halogens is 3. The zero-order valence-electron chi connectivity index (χ0n) is 16.5. The van der Waals surface area contributed by atoms with Crippen LogP contribution >= 0.6 is 0 Å². The van der Waals surface area contributed by atoms with Crippen molar-refractivity contribution < 1.29 is 27.4 Å². The molecule has 0 radical (unpaired) electrons. The van der Waals surface area contributed by atoms with Crippen LogP contribution in [0.25, 0.3) is 0 Å². The predicted octanol–water partition coefficient (Wildman–Crippen LogP) is 5.16. The summed E-state index contributed by atoms with van der Waals surface area (Å²) >= 11 is 0. The molecular formula is C23H19F3N2O3. The van der Waals surface area contributed by atoms with Crippen molar-refractivity contribution in [3.05, 3.63) is 95.3 Å². The molecule has 0 unspecified atom stereocenters. The fourth-order valence-corrected chi connectivity index (χ4v) is 2.66. The maximum Gasteiger partial charge on any atom is 0.387 e. The summed E-state index contributed by atoms with van der Waals surface area (Å²) in [6.45, 7) is -1.06. The van der Waals surface area contributed by atoms with Crippen LogP contribution in [-0.2, 0) is 6.61 Å². The molecular weight excluding hydrogens is 409 g/mol. The van der Waals surface area contributed by atoms with Gasteiger partial charge in [0.2, 0.25) is 0 Å². The highest BCUT2D eigenvalue weighted by Gasteiger charge is 2.12. The number of rotatable bonds is 8. The third-order valence-corrected chi connectivity index (χ3v) is 4.26. The molecule has 1 N–H and O–H groups in total. The van der Waals surface area contributed by atoms with Gasteiger partial charge in [-0.3, -0.25) is 4.79 Å². The number of amides is 1. The number of ether oxygens (including phenoxy) is 2. The van der Waals surface area contributed by atoms with E-state index in [9.17, 15) is 18.0 Å². The van der Waals surface area contributed by atoms with E-state index in [0.717, 1.165) is 5.56 Å². The zero-order valence-corrected chi connectivity index (χ0v) is 16.5. The minimum Gasteiger partial charge on any atom is -0.488 e. The number of benzene rings is 3. The van der Waals surface area contributed by atoms with Gasteiger partial charge in [-0.25, -0.2) is 9.82 Å². The van der Waals surface area contributed by atoms with Crippen molar-refractivity contribution in [2.45, 2.75) is 20.1 Å². The molecule has 0 aliphatic carbocycles. The first kappa shape index (κ1) is 21.9. The molecule has 0 saturated heterocycles. The number of nitrogens with one attached hydrogen (secondary N) is 1. The van der Waals surface area contributed by atoms with Crippen LogP contribution in [0.15, 0.2) is 77.9 Å². The third kappa shape index (κ3) is 6.33. The molecule has 0 bridgehead atoms. The van der Waals surface area contributed by atoms with Gasteiger partial charge in [-0.2, -0.15) is 13.9 Å². The average Bonchev–Trinajstić information content (AvgIpc) is 2.77. The standard InChI is InChI=1S/C23H19F3N2O3/c1-15(17-8-12-19(13-9-17)31-23(25)26)27-28-22(29)20-4-2-3-5-21(20)30-14-16-6-10-18(24)11-7-16/h2-13,23H,14H2,1H3,(H,28,29)/b27-15-. The zero-order chi connectivity index (χ0) is 22.2. The van der Waals surface area contributed by atoms with Crippen molar-refractivity contribution in [2.24, 2.45) is 5.10 Å². The second-order valence-electron chi connectivity index (χ2n) is 6.45. The van der Waals surface area contributed by atoms with Gasteiger partial charge < -0.3 is 9.47 Å². The van der Waals surface area contributed by atoms with E-state index in [-0.39, 0.29) is 23.7 Å². The molecule has 0 aliphatic rings. The monoisotopic (exact) mass is 428 g/mol. The summed E-state index contributed by atoms with van der Waals surface area (Å²) in [6.07, 6.45) is 0. The summed E-state index contributed by atoms with van der Waals surface area (Å²) in [5, 5.41) is 4.06. The summed E-state index contributed by atoms with van der Waals surface area (Å²) in [6, 6.07) is 18.4. The first-order valence-electron chi connectivity index (χ1n) is 9.28. The molecule has 160 valence electrons. The molecule has 3 rings (SSSR count). The lowest BCUT2D eigenvalue weighted by Gasteiger charge is -2.11. The Balaban J connectivity index is 1.65. The van der Waals surface area contributed by atoms with Crippen LogP contribution in [0, 0.1) is 5.82 Å². The minimum absolute atomic E-state index is 0.0304. The van der Waals surface area contributed by atoms with Crippen molar-refractivity contribution in [3.8, 4) is 11.5 Å². The smallest absolute Gasteiger partial charge is 0.387 e. The quantitative estimate of drug-likeness (QED) is 0.398. The number of carbonyl (C=O) groups is 1. The molecule has 0 spiro atoms. The molecule has 31 heavy (non-hydrogen) atoms. The van der Waals surface area contributed by atoms with Gasteiger partial charge in [-0.05, 0) is 66.6 Å². The number of hydrogen-bond donors (Lipinski definition) is 1. The Bertz CT molecular complexity index is 1050. The molecule has 0 fully saturated rings. The van der Waals surface area contributed by atoms with Gasteiger partial charge in [0.1, 0.15) is 23.9 Å². The normalized spacial score (nSPS) is 11.3. The van der Waals surface area contributed by atoms with Gasteiger partial charge in [0.25, 0.3) is 5.91 Å². The Hall–Kier alpha value is -3.81. The molecule has 0 aliphatic heterocycles. The maximum atomic E-state index is 13.0. The summed E-state index contributed by atoms with van der Waals surface area (Å²) in [7, 11) is 0. The van der Waals surface area contributed by atoms with Crippen molar-refractivity contribution in [1.29, 1.82) is 0 Å². The topological polar surface area (TPSA) is 59.9 Å². The molecule has 0 aromatic heterocycles. The molecule has 0 saturated carbocycles. The van der Waals surface area contributed by atoms with Crippen molar-refractivity contribution in [3.63, 3.8) is 0 Å². The van der Waals surface area contributed by atoms with E-state index in [1.807, 2.05) is 0 Å². The van der Waals surface area contributed by atoms with Crippen LogP contribution in [0.4, 0.5) is 13.2 Å². The lowest BCUT2D eigenvalue weighted by atomic mass is 10.1. The van der Waals surface area contributed by atoms with E-state index >= 15 is 0 Å². The lowest BCUT2D eigenvalue weighted by Crippen LogP contribution is -2.20. The summed E-state index contributed by atoms with van der Waals surface area (Å²) < 4.78 is 47.5. The third-order valence-electron chi connectivity index (χ3n) is 4.26. The molecule has 3 aromatic carbocycles. The first-order chi connectivity index (χ1) is 14.9. The van der Waals surface area contributed by atoms with Crippen LogP contribution in [-0.4, -0.2) is 18.2 Å². The SMILES string of the molecule is C/C(=N/NC(=O)c1ccccc1OCc1ccc(F)cc1)c1ccc(OC(F)F)cc1. The van der Waals surface area contributed by atoms with Crippen molar-refractivity contribution in [2.75, 3.05) is 0 Å². The Labute approximate surface area is 177 Å². The van der Waals surface area contributed by atoms with Crippen molar-refractivity contribution in [1.82, 2.24) is 5.43 Å². The molecule has 5 nitrogen and oxygen atoms in total. The molecule has 8 heteroatoms. The summed E-state index contributed by atoms with van der Waals surface area (Å²) in [4.78, 5) is 12.6. The van der Waals surface area contributed by atoms with Crippen LogP contribution in [0.2, 0.25) is 0 Å². The van der Waals surface area contributed by atoms with E-state index in [2.05, 4.69) is 15.3 Å². The molecule has 0 atom stereocenters. The van der Waals surface area contributed by atoms with Gasteiger partial charge in [0.15, 0.2) is 0 Å². The second-order valence-corrected chi connectivity index (χ2v) is 6.45. The largest absolute Gasteiger partial charge is 0.488 e. The number of para-hydroxylation sites is 1. The fourth-order valence-electron chi connectivity index (χ4n) is 2.66. The number of carbonyl (C=O) groups excluding carboxylic acids is 1. The van der Waals surface area contributed by atoms with Crippen LogP contribution in [0.1, 0.15) is 28.4 Å². The molecule has 1 amide bonds. The number of hydrogen-bond acceptors (Lipinski definition) is 4. The average molecular weight is 428 g/mol. The number of nitrogens with zero attached hydrogens (tertiary/aromatic N) is 1. The van der Waals surface area contributed by atoms with E-state index < -0.39 is 12.5 Å². The van der Waals surface area contributed by atoms with Crippen LogP contribution < -0.4 is 14.9 Å². The van der Waals surface area contributed by atoms with Crippen LogP contribution in [0.3, 0.4) is 0 Å². The number of hydrazone groups is 1. The van der Waals surface area contributed by atoms with E-state index in [1.165, 1.54) is 24.3 Å². The second kappa shape index (κ2) is 10.3. The molecule has 3 aromatic rings. The van der Waals surface area contributed by atoms with Gasteiger partial charge in [-0.15, -0.1) is 0 Å². The van der Waals surface area contributed by atoms with Gasteiger partial charge in [0, 0.05) is 0 Å². The van der Waals surface area contributed by atoms with Gasteiger partial charge in [0.05, 0.1) is 11.3 Å². The highest BCUT2D eigenvalue weighted by atomic mass is 19.3. The Morgan fingerprint density at radius 1 is 1.00 bits per heavy atom. The predicted molar refractivity (Wildman–Crippen MR) is 110 cm³/mol. The first-order valence-corrected chi connectivity index (χ1v) is 9.28.